The Morgan fingerprint density at radius 2 is 2.14 bits per heavy atom. The highest BCUT2D eigenvalue weighted by atomic mass is 79.9. The number of halogens is 2. The van der Waals surface area contributed by atoms with Crippen LogP contribution in [0.5, 0.6) is 0 Å². The van der Waals surface area contributed by atoms with Gasteiger partial charge in [-0.3, -0.25) is 4.90 Å². The standard InChI is InChI=1S/C10H15Br2NS/c1-10(2,7-11)13(3)5-9-4-8(12)6-14-9/h4,6H,5,7H2,1-3H3. The van der Waals surface area contributed by atoms with Gasteiger partial charge in [-0.1, -0.05) is 15.9 Å². The fraction of sp³-hybridized carbons (Fsp3) is 0.600. The van der Waals surface area contributed by atoms with E-state index in [1.165, 1.54) is 9.35 Å². The lowest BCUT2D eigenvalue weighted by atomic mass is 10.1. The fourth-order valence-corrected chi connectivity index (χ4v) is 2.92. The smallest absolute Gasteiger partial charge is 0.0330 e. The minimum Gasteiger partial charge on any atom is -0.295 e. The van der Waals surface area contributed by atoms with Crippen molar-refractivity contribution < 1.29 is 0 Å². The van der Waals surface area contributed by atoms with Crippen LogP contribution in [-0.4, -0.2) is 22.8 Å². The summed E-state index contributed by atoms with van der Waals surface area (Å²) in [7, 11) is 2.16. The second-order valence-electron chi connectivity index (χ2n) is 4.03. The molecule has 0 amide bonds. The first-order valence-electron chi connectivity index (χ1n) is 4.46. The molecule has 0 aliphatic heterocycles. The number of nitrogens with zero attached hydrogens (tertiary/aromatic N) is 1. The lowest BCUT2D eigenvalue weighted by molar-refractivity contribution is 0.175. The van der Waals surface area contributed by atoms with Crippen molar-refractivity contribution in [1.82, 2.24) is 4.90 Å². The maximum atomic E-state index is 3.54. The van der Waals surface area contributed by atoms with E-state index in [0.29, 0.717) is 0 Å². The lowest BCUT2D eigenvalue weighted by Crippen LogP contribution is -2.41. The van der Waals surface area contributed by atoms with Gasteiger partial charge in [0.1, 0.15) is 0 Å². The third-order valence-electron chi connectivity index (χ3n) is 2.38. The molecule has 1 heterocycles. The molecule has 14 heavy (non-hydrogen) atoms. The van der Waals surface area contributed by atoms with Gasteiger partial charge in [-0.15, -0.1) is 11.3 Å². The van der Waals surface area contributed by atoms with Gasteiger partial charge in [0.2, 0.25) is 0 Å². The summed E-state index contributed by atoms with van der Waals surface area (Å²) >= 11 is 8.82. The molecule has 1 rings (SSSR count). The first-order valence-corrected chi connectivity index (χ1v) is 7.25. The second kappa shape index (κ2) is 5.10. The molecule has 0 spiro atoms. The highest BCUT2D eigenvalue weighted by Crippen LogP contribution is 2.24. The van der Waals surface area contributed by atoms with Crippen LogP contribution in [0, 0.1) is 0 Å². The first-order chi connectivity index (χ1) is 6.45. The summed E-state index contributed by atoms with van der Waals surface area (Å²) in [4.78, 5) is 3.76. The Bertz CT molecular complexity index is 296. The predicted octanol–water partition coefficient (Wildman–Crippen LogP) is 4.12. The van der Waals surface area contributed by atoms with Crippen molar-refractivity contribution in [2.45, 2.75) is 25.9 Å². The van der Waals surface area contributed by atoms with E-state index in [1.54, 1.807) is 11.3 Å². The van der Waals surface area contributed by atoms with E-state index >= 15 is 0 Å². The molecule has 80 valence electrons. The fourth-order valence-electron chi connectivity index (χ4n) is 0.987. The quantitative estimate of drug-likeness (QED) is 0.745. The van der Waals surface area contributed by atoms with E-state index in [9.17, 15) is 0 Å². The Morgan fingerprint density at radius 1 is 1.50 bits per heavy atom. The minimum absolute atomic E-state index is 0.205. The molecular formula is C10H15Br2NS. The molecule has 0 unspecified atom stereocenters. The Kier molecular flexibility index (Phi) is 4.62. The van der Waals surface area contributed by atoms with Gasteiger partial charge >= 0.3 is 0 Å². The van der Waals surface area contributed by atoms with Gasteiger partial charge in [-0.25, -0.2) is 0 Å². The number of rotatable bonds is 4. The summed E-state index contributed by atoms with van der Waals surface area (Å²) in [6.45, 7) is 5.49. The van der Waals surface area contributed by atoms with Crippen molar-refractivity contribution in [3.05, 3.63) is 20.8 Å². The maximum Gasteiger partial charge on any atom is 0.0330 e. The second-order valence-corrected chi connectivity index (χ2v) is 6.51. The Labute approximate surface area is 107 Å². The molecule has 0 aromatic carbocycles. The van der Waals surface area contributed by atoms with Gasteiger partial charge < -0.3 is 0 Å². The monoisotopic (exact) mass is 339 g/mol. The van der Waals surface area contributed by atoms with Crippen LogP contribution in [0.3, 0.4) is 0 Å². The van der Waals surface area contributed by atoms with E-state index in [-0.39, 0.29) is 5.54 Å². The van der Waals surface area contributed by atoms with Gasteiger partial charge in [0.15, 0.2) is 0 Å². The number of hydrogen-bond donors (Lipinski definition) is 0. The van der Waals surface area contributed by atoms with Gasteiger partial charge in [0.25, 0.3) is 0 Å². The topological polar surface area (TPSA) is 3.24 Å². The van der Waals surface area contributed by atoms with Gasteiger partial charge in [0.05, 0.1) is 0 Å². The van der Waals surface area contributed by atoms with Crippen LogP contribution in [0.2, 0.25) is 0 Å². The zero-order valence-corrected chi connectivity index (χ0v) is 12.7. The normalized spacial score (nSPS) is 12.4. The largest absolute Gasteiger partial charge is 0.295 e. The average Bonchev–Trinajstić information content (AvgIpc) is 2.51. The summed E-state index contributed by atoms with van der Waals surface area (Å²) in [5, 5.41) is 3.12. The molecule has 0 aliphatic carbocycles. The molecule has 0 fully saturated rings. The molecule has 0 N–H and O–H groups in total. The molecular weight excluding hydrogens is 326 g/mol. The van der Waals surface area contributed by atoms with Crippen LogP contribution >= 0.6 is 43.2 Å². The van der Waals surface area contributed by atoms with Crippen molar-refractivity contribution in [2.24, 2.45) is 0 Å². The Balaban J connectivity index is 2.61. The molecule has 0 bridgehead atoms. The van der Waals surface area contributed by atoms with Crippen molar-refractivity contribution in [3.8, 4) is 0 Å². The van der Waals surface area contributed by atoms with Crippen LogP contribution in [0.4, 0.5) is 0 Å². The zero-order chi connectivity index (χ0) is 10.8. The molecule has 1 nitrogen and oxygen atoms in total. The summed E-state index contributed by atoms with van der Waals surface area (Å²) in [5.41, 5.74) is 0.205. The molecule has 0 atom stereocenters. The molecule has 0 saturated heterocycles. The van der Waals surface area contributed by atoms with Crippen molar-refractivity contribution in [1.29, 1.82) is 0 Å². The van der Waals surface area contributed by atoms with Crippen molar-refractivity contribution in [3.63, 3.8) is 0 Å². The maximum absolute atomic E-state index is 3.54. The highest BCUT2D eigenvalue weighted by Gasteiger charge is 2.22. The van der Waals surface area contributed by atoms with E-state index in [4.69, 9.17) is 0 Å². The number of hydrogen-bond acceptors (Lipinski definition) is 2. The third kappa shape index (κ3) is 3.33. The van der Waals surface area contributed by atoms with Gasteiger partial charge in [0, 0.05) is 32.1 Å². The minimum atomic E-state index is 0.205. The van der Waals surface area contributed by atoms with Crippen LogP contribution < -0.4 is 0 Å². The summed E-state index contributed by atoms with van der Waals surface area (Å²) in [6, 6.07) is 2.19. The molecule has 0 saturated carbocycles. The molecule has 1 aromatic heterocycles. The first kappa shape index (κ1) is 12.7. The van der Waals surface area contributed by atoms with E-state index in [2.05, 4.69) is 69.1 Å². The summed E-state index contributed by atoms with van der Waals surface area (Å²) < 4.78 is 1.18. The molecule has 0 radical (unpaired) electrons. The van der Waals surface area contributed by atoms with Crippen LogP contribution in [0.25, 0.3) is 0 Å². The summed E-state index contributed by atoms with van der Waals surface area (Å²) in [6.07, 6.45) is 0. The van der Waals surface area contributed by atoms with Crippen molar-refractivity contribution in [2.75, 3.05) is 12.4 Å². The van der Waals surface area contributed by atoms with Gasteiger partial charge in [-0.05, 0) is 42.9 Å². The predicted molar refractivity (Wildman–Crippen MR) is 71.4 cm³/mol. The van der Waals surface area contributed by atoms with E-state index in [1.807, 2.05) is 0 Å². The number of thiophene rings is 1. The SMILES string of the molecule is CN(Cc1cc(Br)cs1)C(C)(C)CBr. The van der Waals surface area contributed by atoms with E-state index < -0.39 is 0 Å². The lowest BCUT2D eigenvalue weighted by Gasteiger charge is -2.33. The Hall–Kier alpha value is 0.620. The molecule has 0 aliphatic rings. The van der Waals surface area contributed by atoms with E-state index in [0.717, 1.165) is 11.9 Å². The highest BCUT2D eigenvalue weighted by molar-refractivity contribution is 9.10. The van der Waals surface area contributed by atoms with Crippen molar-refractivity contribution >= 4 is 43.2 Å². The van der Waals surface area contributed by atoms with Crippen LogP contribution in [0.1, 0.15) is 18.7 Å². The average molecular weight is 341 g/mol. The zero-order valence-electron chi connectivity index (χ0n) is 8.68. The number of alkyl halides is 1. The van der Waals surface area contributed by atoms with Crippen LogP contribution in [0.15, 0.2) is 15.9 Å². The van der Waals surface area contributed by atoms with Gasteiger partial charge in [-0.2, -0.15) is 0 Å². The molecule has 1 aromatic rings. The Morgan fingerprint density at radius 3 is 2.57 bits per heavy atom. The summed E-state index contributed by atoms with van der Waals surface area (Å²) in [5.74, 6) is 0. The molecule has 4 heteroatoms. The van der Waals surface area contributed by atoms with Crippen LogP contribution in [-0.2, 0) is 6.54 Å². The third-order valence-corrected chi connectivity index (χ3v) is 5.43.